The van der Waals surface area contributed by atoms with Crippen LogP contribution in [0.1, 0.15) is 13.8 Å². The number of hydrogen-bond acceptors (Lipinski definition) is 2. The predicted octanol–water partition coefficient (Wildman–Crippen LogP) is 1.01. The lowest BCUT2D eigenvalue weighted by Crippen LogP contribution is -2.17. The van der Waals surface area contributed by atoms with Gasteiger partial charge in [0.25, 0.3) is 0 Å². The van der Waals surface area contributed by atoms with Gasteiger partial charge in [0.2, 0.25) is 0 Å². The van der Waals surface area contributed by atoms with E-state index in [0.29, 0.717) is 6.61 Å². The van der Waals surface area contributed by atoms with Crippen LogP contribution in [-0.2, 0) is 4.74 Å². The van der Waals surface area contributed by atoms with E-state index in [9.17, 15) is 0 Å². The van der Waals surface area contributed by atoms with Gasteiger partial charge in [-0.15, -0.1) is 11.6 Å². The van der Waals surface area contributed by atoms with Gasteiger partial charge in [0.1, 0.15) is 0 Å². The van der Waals surface area contributed by atoms with E-state index >= 15 is 0 Å². The molecule has 0 spiro atoms. The van der Waals surface area contributed by atoms with Crippen LogP contribution in [0.25, 0.3) is 0 Å². The van der Waals surface area contributed by atoms with Crippen molar-refractivity contribution in [3.05, 3.63) is 0 Å². The molecule has 0 aliphatic rings. The van der Waals surface area contributed by atoms with Crippen LogP contribution in [0.2, 0.25) is 0 Å². The maximum atomic E-state index is 8.48. The minimum Gasteiger partial charge on any atom is -0.394 e. The van der Waals surface area contributed by atoms with Crippen LogP contribution in [0.4, 0.5) is 0 Å². The van der Waals surface area contributed by atoms with Gasteiger partial charge in [0.15, 0.2) is 0 Å². The third-order valence-electron chi connectivity index (χ3n) is 0.868. The number of ether oxygens (including phenoxy) is 1. The van der Waals surface area contributed by atoms with Gasteiger partial charge in [-0.25, -0.2) is 0 Å². The summed E-state index contributed by atoms with van der Waals surface area (Å²) in [6.07, 6.45) is -0.0915. The molecule has 0 rings (SSSR count). The summed E-state index contributed by atoms with van der Waals surface area (Å²) in [6.45, 7) is 4.22. The molecule has 0 radical (unpaired) electrons. The van der Waals surface area contributed by atoms with Gasteiger partial charge in [-0.1, -0.05) is 0 Å². The fourth-order valence-corrected chi connectivity index (χ4v) is 0.422. The SMILES string of the molecule is CC(Cl)COC(C)CO. The number of hydrogen-bond donors (Lipinski definition) is 1. The molecule has 0 heterocycles. The molecule has 0 aliphatic heterocycles. The average molecular weight is 153 g/mol. The van der Waals surface area contributed by atoms with Gasteiger partial charge in [0.05, 0.1) is 24.7 Å². The van der Waals surface area contributed by atoms with Crippen molar-refractivity contribution in [1.29, 1.82) is 0 Å². The summed E-state index contributed by atoms with van der Waals surface area (Å²) in [6, 6.07) is 0. The monoisotopic (exact) mass is 152 g/mol. The van der Waals surface area contributed by atoms with Crippen LogP contribution in [-0.4, -0.2) is 29.8 Å². The summed E-state index contributed by atoms with van der Waals surface area (Å²) >= 11 is 5.57. The Morgan fingerprint density at radius 3 is 2.44 bits per heavy atom. The van der Waals surface area contributed by atoms with Crippen molar-refractivity contribution in [1.82, 2.24) is 0 Å². The molecule has 2 atom stereocenters. The molecule has 0 fully saturated rings. The topological polar surface area (TPSA) is 29.5 Å². The molecule has 0 saturated heterocycles. The first kappa shape index (κ1) is 9.21. The molecular formula is C6H13ClO2. The average Bonchev–Trinajstić information content (AvgIpc) is 1.83. The Kier molecular flexibility index (Phi) is 5.15. The van der Waals surface area contributed by atoms with Crippen molar-refractivity contribution >= 4 is 11.6 Å². The highest BCUT2D eigenvalue weighted by atomic mass is 35.5. The van der Waals surface area contributed by atoms with E-state index in [1.54, 1.807) is 6.92 Å². The van der Waals surface area contributed by atoms with Crippen molar-refractivity contribution in [2.24, 2.45) is 0 Å². The standard InChI is InChI=1S/C6H13ClO2/c1-5(7)4-9-6(2)3-8/h5-6,8H,3-4H2,1-2H3. The third kappa shape index (κ3) is 6.09. The molecule has 0 aromatic heterocycles. The minimum atomic E-state index is -0.0915. The maximum Gasteiger partial charge on any atom is 0.0778 e. The molecule has 9 heavy (non-hydrogen) atoms. The summed E-state index contributed by atoms with van der Waals surface area (Å²) in [4.78, 5) is 0. The molecule has 0 aliphatic carbocycles. The summed E-state index contributed by atoms with van der Waals surface area (Å²) in [5.41, 5.74) is 0. The first-order valence-corrected chi connectivity index (χ1v) is 3.47. The molecule has 1 N–H and O–H groups in total. The van der Waals surface area contributed by atoms with Crippen LogP contribution in [0, 0.1) is 0 Å². The number of halogens is 1. The number of aliphatic hydroxyl groups excluding tert-OH is 1. The number of aliphatic hydroxyl groups is 1. The smallest absolute Gasteiger partial charge is 0.0778 e. The van der Waals surface area contributed by atoms with Crippen molar-refractivity contribution in [3.8, 4) is 0 Å². The molecule has 56 valence electrons. The molecule has 0 bridgehead atoms. The lowest BCUT2D eigenvalue weighted by Gasteiger charge is -2.09. The lowest BCUT2D eigenvalue weighted by atomic mass is 10.4. The van der Waals surface area contributed by atoms with E-state index in [-0.39, 0.29) is 18.1 Å². The zero-order chi connectivity index (χ0) is 7.28. The highest BCUT2D eigenvalue weighted by Crippen LogP contribution is 1.96. The summed E-state index contributed by atoms with van der Waals surface area (Å²) in [7, 11) is 0. The second kappa shape index (κ2) is 5.03. The van der Waals surface area contributed by atoms with Crippen LogP contribution >= 0.6 is 11.6 Å². The van der Waals surface area contributed by atoms with Gasteiger partial charge >= 0.3 is 0 Å². The Labute approximate surface area is 60.8 Å². The second-order valence-corrected chi connectivity index (χ2v) is 2.85. The Morgan fingerprint density at radius 1 is 1.56 bits per heavy atom. The van der Waals surface area contributed by atoms with Crippen LogP contribution in [0.15, 0.2) is 0 Å². The van der Waals surface area contributed by atoms with Crippen molar-refractivity contribution in [2.45, 2.75) is 25.3 Å². The minimum absolute atomic E-state index is 0.0269. The number of rotatable bonds is 4. The van der Waals surface area contributed by atoms with E-state index < -0.39 is 0 Å². The highest BCUT2D eigenvalue weighted by Gasteiger charge is 2.01. The molecule has 0 aromatic carbocycles. The van der Waals surface area contributed by atoms with Crippen LogP contribution in [0.3, 0.4) is 0 Å². The summed E-state index contributed by atoms with van der Waals surface area (Å²) in [5.74, 6) is 0. The van der Waals surface area contributed by atoms with Gasteiger partial charge in [-0.05, 0) is 13.8 Å². The van der Waals surface area contributed by atoms with E-state index in [0.717, 1.165) is 0 Å². The Balaban J connectivity index is 3.06. The van der Waals surface area contributed by atoms with Crippen molar-refractivity contribution < 1.29 is 9.84 Å². The summed E-state index contributed by atoms with van der Waals surface area (Å²) in [5, 5.41) is 8.51. The fraction of sp³-hybridized carbons (Fsp3) is 1.00. The molecule has 2 unspecified atom stereocenters. The van der Waals surface area contributed by atoms with Gasteiger partial charge in [-0.2, -0.15) is 0 Å². The van der Waals surface area contributed by atoms with Gasteiger partial charge in [0, 0.05) is 0 Å². The summed E-state index contributed by atoms with van der Waals surface area (Å²) < 4.78 is 5.07. The highest BCUT2D eigenvalue weighted by molar-refractivity contribution is 6.20. The van der Waals surface area contributed by atoms with E-state index in [1.165, 1.54) is 0 Å². The van der Waals surface area contributed by atoms with Crippen LogP contribution < -0.4 is 0 Å². The molecule has 0 saturated carbocycles. The lowest BCUT2D eigenvalue weighted by molar-refractivity contribution is 0.0266. The van der Waals surface area contributed by atoms with E-state index in [1.807, 2.05) is 6.92 Å². The molecule has 3 heteroatoms. The Bertz CT molecular complexity index is 66.1. The molecule has 0 amide bonds. The Morgan fingerprint density at radius 2 is 2.11 bits per heavy atom. The van der Waals surface area contributed by atoms with Gasteiger partial charge < -0.3 is 9.84 Å². The number of alkyl halides is 1. The quantitative estimate of drug-likeness (QED) is 0.610. The predicted molar refractivity (Wildman–Crippen MR) is 37.8 cm³/mol. The van der Waals surface area contributed by atoms with E-state index in [4.69, 9.17) is 21.4 Å². The zero-order valence-corrected chi connectivity index (χ0v) is 6.56. The maximum absolute atomic E-state index is 8.48. The molecular weight excluding hydrogens is 140 g/mol. The van der Waals surface area contributed by atoms with Crippen molar-refractivity contribution in [2.75, 3.05) is 13.2 Å². The normalized spacial score (nSPS) is 17.3. The fourth-order valence-electron chi connectivity index (χ4n) is 0.350. The molecule has 0 aromatic rings. The molecule has 2 nitrogen and oxygen atoms in total. The second-order valence-electron chi connectivity index (χ2n) is 2.11. The Hall–Kier alpha value is 0.210. The third-order valence-corrected chi connectivity index (χ3v) is 0.994. The first-order chi connectivity index (χ1) is 4.16. The zero-order valence-electron chi connectivity index (χ0n) is 5.80. The van der Waals surface area contributed by atoms with Crippen molar-refractivity contribution in [3.63, 3.8) is 0 Å². The van der Waals surface area contributed by atoms with Gasteiger partial charge in [-0.3, -0.25) is 0 Å². The van der Waals surface area contributed by atoms with Crippen LogP contribution in [0.5, 0.6) is 0 Å². The van der Waals surface area contributed by atoms with E-state index in [2.05, 4.69) is 0 Å². The largest absolute Gasteiger partial charge is 0.394 e. The first-order valence-electron chi connectivity index (χ1n) is 3.03.